The summed E-state index contributed by atoms with van der Waals surface area (Å²) < 4.78 is 10.8. The molecule has 0 heterocycles. The fourth-order valence-corrected chi connectivity index (χ4v) is 4.50. The lowest BCUT2D eigenvalue weighted by atomic mass is 9.54. The first-order valence-corrected chi connectivity index (χ1v) is 7.15. The van der Waals surface area contributed by atoms with Crippen LogP contribution in [0, 0.1) is 17.3 Å². The van der Waals surface area contributed by atoms with Crippen molar-refractivity contribution >= 4 is 5.78 Å². The van der Waals surface area contributed by atoms with Gasteiger partial charge in [0.2, 0.25) is 0 Å². The number of ketones is 1. The number of allylic oxidation sites excluding steroid dienone is 2. The fourth-order valence-electron chi connectivity index (χ4n) is 4.50. The van der Waals surface area contributed by atoms with Gasteiger partial charge in [-0.1, -0.05) is 6.42 Å². The first-order valence-electron chi connectivity index (χ1n) is 7.15. The molecule has 3 nitrogen and oxygen atoms in total. The van der Waals surface area contributed by atoms with E-state index in [1.807, 2.05) is 0 Å². The van der Waals surface area contributed by atoms with Gasteiger partial charge >= 0.3 is 0 Å². The number of rotatable bonds is 3. The average Bonchev–Trinajstić information content (AvgIpc) is 2.76. The van der Waals surface area contributed by atoms with Crippen LogP contribution in [0.15, 0.2) is 11.8 Å². The van der Waals surface area contributed by atoms with Crippen LogP contribution in [-0.2, 0) is 14.3 Å². The van der Waals surface area contributed by atoms with Crippen LogP contribution in [0.5, 0.6) is 0 Å². The van der Waals surface area contributed by atoms with Crippen molar-refractivity contribution in [2.45, 2.75) is 44.9 Å². The standard InChI is InChI=1S/C15H22O3/c1-17-10-18-14-9-8-12-5-2-4-11-6-3-7-13(16)15(11,12)14/h9,11-12H,2-8,10H2,1H3/t11-,12-,15-/m0/s1. The monoisotopic (exact) mass is 250 g/mol. The van der Waals surface area contributed by atoms with Crippen LogP contribution in [0.2, 0.25) is 0 Å². The quantitative estimate of drug-likeness (QED) is 0.722. The SMILES string of the molecule is COCOC1=CC[C@@H]2CCC[C@H]3CCCC(=O)[C@]132. The van der Waals surface area contributed by atoms with Crippen LogP contribution in [0.3, 0.4) is 0 Å². The predicted octanol–water partition coefficient (Wildman–Crippen LogP) is 3.05. The molecule has 18 heavy (non-hydrogen) atoms. The highest BCUT2D eigenvalue weighted by Gasteiger charge is 2.59. The van der Waals surface area contributed by atoms with Crippen molar-refractivity contribution in [1.29, 1.82) is 0 Å². The summed E-state index contributed by atoms with van der Waals surface area (Å²) in [5.41, 5.74) is -0.269. The predicted molar refractivity (Wildman–Crippen MR) is 67.8 cm³/mol. The summed E-state index contributed by atoms with van der Waals surface area (Å²) >= 11 is 0. The molecule has 0 bridgehead atoms. The van der Waals surface area contributed by atoms with Gasteiger partial charge in [0.05, 0.1) is 5.41 Å². The lowest BCUT2D eigenvalue weighted by Gasteiger charge is -2.48. The van der Waals surface area contributed by atoms with Gasteiger partial charge in [-0.3, -0.25) is 4.79 Å². The molecule has 100 valence electrons. The maximum atomic E-state index is 12.6. The van der Waals surface area contributed by atoms with Crippen LogP contribution in [0.25, 0.3) is 0 Å². The van der Waals surface area contributed by atoms with E-state index >= 15 is 0 Å². The normalized spacial score (nSPS) is 38.9. The molecule has 0 aromatic rings. The van der Waals surface area contributed by atoms with E-state index in [9.17, 15) is 4.79 Å². The Bertz CT molecular complexity index is 372. The lowest BCUT2D eigenvalue weighted by molar-refractivity contribution is -0.144. The molecular formula is C15H22O3. The van der Waals surface area contributed by atoms with Crippen molar-refractivity contribution in [2.75, 3.05) is 13.9 Å². The topological polar surface area (TPSA) is 35.5 Å². The number of hydrogen-bond acceptors (Lipinski definition) is 3. The van der Waals surface area contributed by atoms with Crippen molar-refractivity contribution in [3.8, 4) is 0 Å². The van der Waals surface area contributed by atoms with Gasteiger partial charge in [0, 0.05) is 13.5 Å². The third kappa shape index (κ3) is 1.56. The molecule has 0 aromatic heterocycles. The Morgan fingerprint density at radius 3 is 2.89 bits per heavy atom. The molecule has 3 aliphatic rings. The Balaban J connectivity index is 1.94. The van der Waals surface area contributed by atoms with Gasteiger partial charge in [-0.05, 0) is 50.0 Å². The summed E-state index contributed by atoms with van der Waals surface area (Å²) in [6.45, 7) is 0.264. The van der Waals surface area contributed by atoms with Gasteiger partial charge in [0.25, 0.3) is 0 Å². The minimum atomic E-state index is -0.269. The van der Waals surface area contributed by atoms with Crippen LogP contribution < -0.4 is 0 Å². The van der Waals surface area contributed by atoms with Crippen molar-refractivity contribution < 1.29 is 14.3 Å². The molecule has 3 rings (SSSR count). The lowest BCUT2D eigenvalue weighted by Crippen LogP contribution is -2.49. The zero-order chi connectivity index (χ0) is 12.6. The molecule has 1 spiro atoms. The fraction of sp³-hybridized carbons (Fsp3) is 0.800. The minimum absolute atomic E-state index is 0.264. The van der Waals surface area contributed by atoms with Gasteiger partial charge in [0.15, 0.2) is 6.79 Å². The Labute approximate surface area is 109 Å². The molecule has 0 radical (unpaired) electrons. The maximum Gasteiger partial charge on any atom is 0.188 e. The average molecular weight is 250 g/mol. The van der Waals surface area contributed by atoms with Crippen molar-refractivity contribution in [3.63, 3.8) is 0 Å². The number of ether oxygens (including phenoxy) is 2. The van der Waals surface area contributed by atoms with Crippen LogP contribution >= 0.6 is 0 Å². The number of methoxy groups -OCH3 is 1. The van der Waals surface area contributed by atoms with Crippen molar-refractivity contribution in [2.24, 2.45) is 17.3 Å². The largest absolute Gasteiger partial charge is 0.471 e. The molecule has 0 N–H and O–H groups in total. The molecule has 2 saturated carbocycles. The maximum absolute atomic E-state index is 12.6. The molecule has 3 heteroatoms. The van der Waals surface area contributed by atoms with Gasteiger partial charge in [-0.15, -0.1) is 0 Å². The summed E-state index contributed by atoms with van der Waals surface area (Å²) in [6.07, 6.45) is 9.81. The summed E-state index contributed by atoms with van der Waals surface area (Å²) in [5.74, 6) is 2.38. The van der Waals surface area contributed by atoms with Crippen molar-refractivity contribution in [3.05, 3.63) is 11.8 Å². The first-order chi connectivity index (χ1) is 8.80. The Hall–Kier alpha value is -0.830. The van der Waals surface area contributed by atoms with E-state index in [2.05, 4.69) is 6.08 Å². The molecule has 3 aliphatic carbocycles. The highest BCUT2D eigenvalue weighted by Crippen LogP contribution is 2.60. The highest BCUT2D eigenvalue weighted by atomic mass is 16.7. The third-order valence-electron chi connectivity index (χ3n) is 5.14. The van der Waals surface area contributed by atoms with Gasteiger partial charge < -0.3 is 9.47 Å². The first kappa shape index (κ1) is 12.2. The number of Topliss-reactive ketones (excluding diaryl/α,β-unsaturated/α-hetero) is 1. The van der Waals surface area contributed by atoms with E-state index in [-0.39, 0.29) is 12.2 Å². The third-order valence-corrected chi connectivity index (χ3v) is 5.14. The van der Waals surface area contributed by atoms with Gasteiger partial charge in [-0.2, -0.15) is 0 Å². The molecular weight excluding hydrogens is 228 g/mol. The molecule has 2 fully saturated rings. The molecule has 0 saturated heterocycles. The number of carbonyl (C=O) groups is 1. The van der Waals surface area contributed by atoms with Gasteiger partial charge in [0.1, 0.15) is 11.5 Å². The van der Waals surface area contributed by atoms with Gasteiger partial charge in [-0.25, -0.2) is 0 Å². The van der Waals surface area contributed by atoms with Crippen LogP contribution in [0.4, 0.5) is 0 Å². The Morgan fingerprint density at radius 1 is 1.28 bits per heavy atom. The summed E-state index contributed by atoms with van der Waals surface area (Å²) in [7, 11) is 1.63. The van der Waals surface area contributed by atoms with E-state index in [1.165, 1.54) is 25.7 Å². The molecule has 0 aliphatic heterocycles. The molecule has 0 unspecified atom stereocenters. The summed E-state index contributed by atoms with van der Waals surface area (Å²) in [5, 5.41) is 0. The smallest absolute Gasteiger partial charge is 0.188 e. The van der Waals surface area contributed by atoms with Crippen LogP contribution in [0.1, 0.15) is 44.9 Å². The second-order valence-electron chi connectivity index (χ2n) is 5.86. The number of carbonyl (C=O) groups excluding carboxylic acids is 1. The summed E-state index contributed by atoms with van der Waals surface area (Å²) in [6, 6.07) is 0. The van der Waals surface area contributed by atoms with E-state index in [0.29, 0.717) is 17.6 Å². The van der Waals surface area contributed by atoms with Crippen molar-refractivity contribution in [1.82, 2.24) is 0 Å². The Kier molecular flexibility index (Phi) is 3.18. The molecule has 0 amide bonds. The number of hydrogen-bond donors (Lipinski definition) is 0. The highest BCUT2D eigenvalue weighted by molar-refractivity contribution is 5.89. The van der Waals surface area contributed by atoms with E-state index in [0.717, 1.165) is 25.0 Å². The second-order valence-corrected chi connectivity index (χ2v) is 5.86. The minimum Gasteiger partial charge on any atom is -0.471 e. The zero-order valence-electron chi connectivity index (χ0n) is 11.1. The zero-order valence-corrected chi connectivity index (χ0v) is 11.1. The Morgan fingerprint density at radius 2 is 2.06 bits per heavy atom. The summed E-state index contributed by atoms with van der Waals surface area (Å²) in [4.78, 5) is 12.6. The van der Waals surface area contributed by atoms with Crippen LogP contribution in [-0.4, -0.2) is 19.7 Å². The molecule has 0 aromatic carbocycles. The van der Waals surface area contributed by atoms with E-state index in [1.54, 1.807) is 7.11 Å². The van der Waals surface area contributed by atoms with E-state index in [4.69, 9.17) is 9.47 Å². The molecule has 3 atom stereocenters. The second kappa shape index (κ2) is 4.69. The van der Waals surface area contributed by atoms with E-state index < -0.39 is 0 Å².